The Balaban J connectivity index is 2.01. The fourth-order valence-corrected chi connectivity index (χ4v) is 3.46. The van der Waals surface area contributed by atoms with Crippen LogP contribution in [-0.4, -0.2) is 59.9 Å². The van der Waals surface area contributed by atoms with Gasteiger partial charge in [-0.15, -0.1) is 0 Å². The van der Waals surface area contributed by atoms with Crippen molar-refractivity contribution in [3.05, 3.63) is 64.8 Å². The molecule has 0 saturated carbocycles. The number of aliphatic hydroxyl groups excluding tert-OH is 1. The number of ether oxygens (including phenoxy) is 1. The van der Waals surface area contributed by atoms with Crippen LogP contribution in [0.15, 0.2) is 52.1 Å². The predicted octanol–water partition coefficient (Wildman–Crippen LogP) is 3.52. The Bertz CT molecular complexity index is 956. The number of furan rings is 1. The first-order valence-corrected chi connectivity index (χ1v) is 9.95. The minimum absolute atomic E-state index is 0.0313. The van der Waals surface area contributed by atoms with E-state index in [1.165, 1.54) is 4.90 Å². The van der Waals surface area contributed by atoms with E-state index in [1.807, 2.05) is 45.0 Å². The van der Waals surface area contributed by atoms with Crippen LogP contribution in [-0.2, 0) is 4.79 Å². The van der Waals surface area contributed by atoms with E-state index in [2.05, 4.69) is 0 Å². The van der Waals surface area contributed by atoms with Crippen LogP contribution in [0.25, 0.3) is 0 Å². The number of ketones is 1. The molecule has 7 heteroatoms. The summed E-state index contributed by atoms with van der Waals surface area (Å²) in [7, 11) is 3.80. The van der Waals surface area contributed by atoms with Gasteiger partial charge >= 0.3 is 0 Å². The number of carbonyl (C=O) groups is 2. The molecule has 1 aliphatic rings. The Morgan fingerprint density at radius 2 is 1.87 bits per heavy atom. The van der Waals surface area contributed by atoms with Crippen LogP contribution < -0.4 is 4.74 Å². The Morgan fingerprint density at radius 3 is 2.40 bits per heavy atom. The van der Waals surface area contributed by atoms with Crippen LogP contribution in [0.5, 0.6) is 5.75 Å². The lowest BCUT2D eigenvalue weighted by Crippen LogP contribution is -2.36. The molecule has 160 valence electrons. The first-order valence-electron chi connectivity index (χ1n) is 9.95. The second-order valence-electron chi connectivity index (χ2n) is 7.94. The van der Waals surface area contributed by atoms with Gasteiger partial charge in [0, 0.05) is 13.1 Å². The zero-order valence-electron chi connectivity index (χ0n) is 18.0. The van der Waals surface area contributed by atoms with Gasteiger partial charge in [-0.1, -0.05) is 12.1 Å². The molecule has 0 bridgehead atoms. The number of amides is 1. The van der Waals surface area contributed by atoms with Crippen molar-refractivity contribution < 1.29 is 23.8 Å². The van der Waals surface area contributed by atoms with E-state index in [4.69, 9.17) is 9.15 Å². The van der Waals surface area contributed by atoms with Crippen molar-refractivity contribution in [3.63, 3.8) is 0 Å². The van der Waals surface area contributed by atoms with E-state index in [0.717, 1.165) is 0 Å². The molecule has 1 N–H and O–H groups in total. The van der Waals surface area contributed by atoms with Gasteiger partial charge in [0.1, 0.15) is 11.5 Å². The number of aryl methyl sites for hydroxylation is 1. The summed E-state index contributed by atoms with van der Waals surface area (Å²) < 4.78 is 11.2. The number of likely N-dealkylation sites (N-methyl/N-ethyl adjacent to an activating group) is 1. The maximum Gasteiger partial charge on any atom is 0.290 e. The smallest absolute Gasteiger partial charge is 0.290 e. The van der Waals surface area contributed by atoms with E-state index < -0.39 is 23.5 Å². The number of benzene rings is 1. The third kappa shape index (κ3) is 4.41. The molecule has 3 rings (SSSR count). The molecule has 2 heterocycles. The van der Waals surface area contributed by atoms with E-state index >= 15 is 0 Å². The monoisotopic (exact) mass is 412 g/mol. The molecule has 1 amide bonds. The van der Waals surface area contributed by atoms with Crippen LogP contribution in [0.1, 0.15) is 41.8 Å². The molecule has 0 aliphatic carbocycles. The highest BCUT2D eigenvalue weighted by molar-refractivity contribution is 6.15. The van der Waals surface area contributed by atoms with Gasteiger partial charge in [-0.3, -0.25) is 9.59 Å². The maximum atomic E-state index is 13.2. The standard InChI is InChI=1S/C23H28N2O5/c1-14(2)29-17-9-7-16(8-10-17)20-19(21(26)18-11-6-15(3)30-18)22(27)23(28)25(20)13-12-24(4)5/h6-11,14,20,27H,12-13H2,1-5H3/t20-/m0/s1. The van der Waals surface area contributed by atoms with E-state index in [-0.39, 0.29) is 17.4 Å². The van der Waals surface area contributed by atoms with Gasteiger partial charge in [-0.2, -0.15) is 0 Å². The van der Waals surface area contributed by atoms with Gasteiger partial charge in [0.25, 0.3) is 5.91 Å². The molecular formula is C23H28N2O5. The maximum absolute atomic E-state index is 13.2. The van der Waals surface area contributed by atoms with Crippen LogP contribution >= 0.6 is 0 Å². The number of nitrogens with zero attached hydrogens (tertiary/aromatic N) is 2. The van der Waals surface area contributed by atoms with Gasteiger partial charge in [-0.05, 0) is 64.7 Å². The first-order chi connectivity index (χ1) is 14.2. The van der Waals surface area contributed by atoms with Crippen LogP contribution in [0.4, 0.5) is 0 Å². The Morgan fingerprint density at radius 1 is 1.20 bits per heavy atom. The summed E-state index contributed by atoms with van der Waals surface area (Å²) >= 11 is 0. The molecular weight excluding hydrogens is 384 g/mol. The number of aliphatic hydroxyl groups is 1. The van der Waals surface area contributed by atoms with Crippen LogP contribution in [0.3, 0.4) is 0 Å². The van der Waals surface area contributed by atoms with E-state index in [1.54, 1.807) is 31.2 Å². The molecule has 0 fully saturated rings. The molecule has 30 heavy (non-hydrogen) atoms. The molecule has 0 saturated heterocycles. The first kappa shape index (κ1) is 21.6. The van der Waals surface area contributed by atoms with Crippen molar-refractivity contribution in [2.45, 2.75) is 32.9 Å². The number of hydrogen-bond donors (Lipinski definition) is 1. The largest absolute Gasteiger partial charge is 0.503 e. The molecule has 7 nitrogen and oxygen atoms in total. The van der Waals surface area contributed by atoms with Crippen molar-refractivity contribution in [1.82, 2.24) is 9.80 Å². The number of rotatable bonds is 8. The Kier molecular flexibility index (Phi) is 6.31. The SMILES string of the molecule is Cc1ccc(C(=O)C2=C(O)C(=O)N(CCN(C)C)[C@H]2c2ccc(OC(C)C)cc2)o1. The lowest BCUT2D eigenvalue weighted by molar-refractivity contribution is -0.129. The van der Waals surface area contributed by atoms with Gasteiger partial charge < -0.3 is 24.1 Å². The zero-order chi connectivity index (χ0) is 22.0. The molecule has 1 atom stereocenters. The second-order valence-corrected chi connectivity index (χ2v) is 7.94. The third-order valence-corrected chi connectivity index (χ3v) is 4.87. The van der Waals surface area contributed by atoms with E-state index in [0.29, 0.717) is 30.2 Å². The predicted molar refractivity (Wildman–Crippen MR) is 113 cm³/mol. The molecule has 2 aromatic rings. The summed E-state index contributed by atoms with van der Waals surface area (Å²) in [6.07, 6.45) is 0.0313. The third-order valence-electron chi connectivity index (χ3n) is 4.87. The number of Topliss-reactive ketones (excluding diaryl/α,β-unsaturated/α-hetero) is 1. The summed E-state index contributed by atoms with van der Waals surface area (Å²) in [5.41, 5.74) is 0.750. The summed E-state index contributed by atoms with van der Waals surface area (Å²) in [4.78, 5) is 29.5. The van der Waals surface area contributed by atoms with Gasteiger partial charge in [-0.25, -0.2) is 0 Å². The number of hydrogen-bond acceptors (Lipinski definition) is 6. The Labute approximate surface area is 176 Å². The second kappa shape index (κ2) is 8.75. The van der Waals surface area contributed by atoms with Gasteiger partial charge in [0.2, 0.25) is 5.78 Å². The molecule has 0 unspecified atom stereocenters. The van der Waals surface area contributed by atoms with Gasteiger partial charge in [0.15, 0.2) is 11.5 Å². The highest BCUT2D eigenvalue weighted by atomic mass is 16.5. The minimum atomic E-state index is -0.705. The van der Waals surface area contributed by atoms with Crippen molar-refractivity contribution >= 4 is 11.7 Å². The van der Waals surface area contributed by atoms with Gasteiger partial charge in [0.05, 0.1) is 17.7 Å². The quantitative estimate of drug-likeness (QED) is 0.668. The summed E-state index contributed by atoms with van der Waals surface area (Å²) in [5.74, 6) is -0.203. The average Bonchev–Trinajstić information content (AvgIpc) is 3.22. The molecule has 1 aromatic heterocycles. The summed E-state index contributed by atoms with van der Waals surface area (Å²) in [6, 6.07) is 9.77. The van der Waals surface area contributed by atoms with E-state index in [9.17, 15) is 14.7 Å². The zero-order valence-corrected chi connectivity index (χ0v) is 18.0. The number of carbonyl (C=O) groups excluding carboxylic acids is 2. The van der Waals surface area contributed by atoms with Crippen LogP contribution in [0.2, 0.25) is 0 Å². The fraction of sp³-hybridized carbons (Fsp3) is 0.391. The lowest BCUT2D eigenvalue weighted by Gasteiger charge is -2.28. The highest BCUT2D eigenvalue weighted by Gasteiger charge is 2.44. The highest BCUT2D eigenvalue weighted by Crippen LogP contribution is 2.39. The normalized spacial score (nSPS) is 16.8. The van der Waals surface area contributed by atoms with Crippen molar-refractivity contribution in [2.75, 3.05) is 27.2 Å². The summed E-state index contributed by atoms with van der Waals surface area (Å²) in [5, 5.41) is 10.6. The molecule has 0 spiro atoms. The molecule has 1 aliphatic heterocycles. The van der Waals surface area contributed by atoms with Crippen LogP contribution in [0, 0.1) is 6.92 Å². The van der Waals surface area contributed by atoms with Crippen molar-refractivity contribution in [3.8, 4) is 5.75 Å². The summed E-state index contributed by atoms with van der Waals surface area (Å²) in [6.45, 7) is 6.56. The van der Waals surface area contributed by atoms with Crippen molar-refractivity contribution in [2.24, 2.45) is 0 Å². The topological polar surface area (TPSA) is 83.2 Å². The fourth-order valence-electron chi connectivity index (χ4n) is 3.46. The lowest BCUT2D eigenvalue weighted by atomic mass is 9.95. The minimum Gasteiger partial charge on any atom is -0.503 e. The molecule has 0 radical (unpaired) electrons. The van der Waals surface area contributed by atoms with Crippen molar-refractivity contribution in [1.29, 1.82) is 0 Å². The average molecular weight is 412 g/mol. The Hall–Kier alpha value is -3.06. The molecule has 1 aromatic carbocycles.